The van der Waals surface area contributed by atoms with Crippen LogP contribution in [-0.2, 0) is 28.8 Å². The number of aliphatic hydroxyl groups is 7. The zero-order valence-corrected chi connectivity index (χ0v) is 32.6. The lowest BCUT2D eigenvalue weighted by Gasteiger charge is -2.43. The minimum atomic E-state index is -2.24. The van der Waals surface area contributed by atoms with Crippen LogP contribution in [0.5, 0.6) is 5.75 Å². The average Bonchev–Trinajstić information content (AvgIpc) is 3.54. The lowest BCUT2D eigenvalue weighted by Crippen LogP contribution is -2.67. The third-order valence-corrected chi connectivity index (χ3v) is 10.4. The van der Waals surface area contributed by atoms with Crippen molar-refractivity contribution in [1.29, 1.82) is 0 Å². The fourth-order valence-electron chi connectivity index (χ4n) is 7.27. The third kappa shape index (κ3) is 10.9. The first-order chi connectivity index (χ1) is 27.1. The van der Waals surface area contributed by atoms with Crippen LogP contribution in [0.4, 0.5) is 4.79 Å². The number of hydrogen-bond acceptors (Lipinski definition) is 15. The number of aromatic hydroxyl groups is 1. The molecule has 0 saturated carbocycles. The summed E-state index contributed by atoms with van der Waals surface area (Å²) in [6.45, 7) is 3.08. The summed E-state index contributed by atoms with van der Waals surface area (Å²) in [6, 6.07) is -6.42. The van der Waals surface area contributed by atoms with Crippen LogP contribution in [0.3, 0.4) is 0 Å². The fourth-order valence-corrected chi connectivity index (χ4v) is 7.43. The van der Waals surface area contributed by atoms with Gasteiger partial charge in [0.1, 0.15) is 60.4 Å². The molecule has 3 heterocycles. The number of thiol groups is 1. The number of aliphatic hydroxyl groups excluding tert-OH is 7. The largest absolute Gasteiger partial charge is 0.508 e. The standard InChI is InChI=1S/C35H51N7O15S/c1-13-8-21(47)26-32(54)37-22(48)10-19(36-35(57)58)29(51)38-23(14(2)43)33(55)41-12-18(46)9-20(41)30(52)40-25(28(50)27(49)16-4-6-17(45)7-5-16)31(53)39-24(15(3)44)34(56)42(26)11-13/h4-7,13-15,18-28,43-50H,8-12H2,1-3H3,(H,37,54)(H,38,51)(H,39,53)(H,40,52)(H2,36,57,58). The molecule has 0 radical (unpaired) electrons. The van der Waals surface area contributed by atoms with E-state index in [-0.39, 0.29) is 24.3 Å². The Morgan fingerprint density at radius 1 is 0.741 bits per heavy atom. The maximum atomic E-state index is 14.2. The van der Waals surface area contributed by atoms with E-state index in [9.17, 15) is 74.4 Å². The zero-order chi connectivity index (χ0) is 43.3. The van der Waals surface area contributed by atoms with Crippen LogP contribution in [0.25, 0.3) is 0 Å². The number of amides is 7. The van der Waals surface area contributed by atoms with Crippen LogP contribution >= 0.6 is 12.6 Å². The first-order valence-corrected chi connectivity index (χ1v) is 18.9. The van der Waals surface area contributed by atoms with Gasteiger partial charge in [-0.1, -0.05) is 31.7 Å². The summed E-state index contributed by atoms with van der Waals surface area (Å²) in [5.41, 5.74) is -0.0507. The van der Waals surface area contributed by atoms with Crippen LogP contribution < -0.4 is 26.6 Å². The number of rotatable bonds is 6. The van der Waals surface area contributed by atoms with E-state index in [1.165, 1.54) is 12.1 Å². The molecule has 1 aromatic rings. The van der Waals surface area contributed by atoms with Gasteiger partial charge in [0.2, 0.25) is 35.4 Å². The third-order valence-electron chi connectivity index (χ3n) is 10.2. The van der Waals surface area contributed by atoms with Crippen molar-refractivity contribution in [3.05, 3.63) is 29.8 Å². The van der Waals surface area contributed by atoms with Crippen molar-refractivity contribution in [2.75, 3.05) is 13.1 Å². The molecule has 0 aromatic heterocycles. The van der Waals surface area contributed by atoms with Crippen molar-refractivity contribution in [1.82, 2.24) is 36.4 Å². The maximum absolute atomic E-state index is 14.2. The highest BCUT2D eigenvalue weighted by Gasteiger charge is 2.48. The predicted molar refractivity (Wildman–Crippen MR) is 200 cm³/mol. The summed E-state index contributed by atoms with van der Waals surface area (Å²) in [5, 5.41) is 96.3. The fraction of sp³-hybridized carbons (Fsp3) is 0.629. The second-order valence-corrected chi connectivity index (χ2v) is 15.4. The average molecular weight is 842 g/mol. The second kappa shape index (κ2) is 19.4. The Morgan fingerprint density at radius 2 is 1.29 bits per heavy atom. The van der Waals surface area contributed by atoms with E-state index >= 15 is 0 Å². The van der Waals surface area contributed by atoms with Gasteiger partial charge in [0, 0.05) is 25.9 Å². The zero-order valence-electron chi connectivity index (χ0n) is 31.7. The van der Waals surface area contributed by atoms with E-state index < -0.39 is 145 Å². The molecule has 23 heteroatoms. The second-order valence-electron chi connectivity index (χ2n) is 15.0. The molecule has 13 N–H and O–H groups in total. The molecule has 4 rings (SSSR count). The van der Waals surface area contributed by atoms with Gasteiger partial charge < -0.3 is 77.2 Å². The van der Waals surface area contributed by atoms with E-state index in [1.807, 2.05) is 0 Å². The Morgan fingerprint density at radius 3 is 1.86 bits per heavy atom. The predicted octanol–water partition coefficient (Wildman–Crippen LogP) is -5.59. The highest BCUT2D eigenvalue weighted by atomic mass is 32.1. The number of phenols is 1. The van der Waals surface area contributed by atoms with Gasteiger partial charge in [-0.2, -0.15) is 0 Å². The molecule has 3 saturated heterocycles. The molecule has 0 spiro atoms. The van der Waals surface area contributed by atoms with Gasteiger partial charge in [0.15, 0.2) is 0 Å². The molecule has 0 aliphatic carbocycles. The van der Waals surface area contributed by atoms with Crippen LogP contribution in [0, 0.1) is 5.92 Å². The van der Waals surface area contributed by atoms with Gasteiger partial charge >= 0.3 is 0 Å². The number of carbonyl (C=O) groups excluding carboxylic acids is 7. The number of nitrogens with zero attached hydrogens (tertiary/aromatic N) is 2. The molecule has 322 valence electrons. The smallest absolute Gasteiger partial charge is 0.276 e. The minimum Gasteiger partial charge on any atom is -0.508 e. The molecular weight excluding hydrogens is 790 g/mol. The maximum Gasteiger partial charge on any atom is 0.276 e. The number of carbonyl (C=O) groups is 7. The SMILES string of the molecule is CC1CC(O)C2C(=O)NC(O)CC(NC(=O)S)C(=O)NC(C(C)O)C(=O)N3CC(O)CC3C(=O)NC(C(O)C(O)c3ccc(O)cc3)C(=O)NC(C(C)O)C(=O)N2C1. The number of hydrogen-bond donors (Lipinski definition) is 14. The summed E-state index contributed by atoms with van der Waals surface area (Å²) in [6.07, 6.45) is -13.8. The first kappa shape index (κ1) is 46.1. The molecule has 3 fully saturated rings. The first-order valence-electron chi connectivity index (χ1n) is 18.5. The van der Waals surface area contributed by atoms with Gasteiger partial charge in [-0.25, -0.2) is 0 Å². The summed E-state index contributed by atoms with van der Waals surface area (Å²) < 4.78 is 0. The quantitative estimate of drug-likeness (QED) is 0.119. The lowest BCUT2D eigenvalue weighted by atomic mass is 9.89. The molecule has 14 unspecified atom stereocenters. The van der Waals surface area contributed by atoms with Gasteiger partial charge in [0.25, 0.3) is 5.24 Å². The van der Waals surface area contributed by atoms with Gasteiger partial charge in [-0.05, 0) is 43.9 Å². The van der Waals surface area contributed by atoms with E-state index in [2.05, 4.69) is 39.2 Å². The van der Waals surface area contributed by atoms with Crippen LogP contribution in [0.15, 0.2) is 24.3 Å². The van der Waals surface area contributed by atoms with Gasteiger partial charge in [0.05, 0.1) is 24.4 Å². The Kier molecular flexibility index (Phi) is 15.4. The molecular formula is C35H51N7O15S. The number of piperidine rings is 1. The van der Waals surface area contributed by atoms with Crippen molar-refractivity contribution in [2.45, 2.75) is 119 Å². The summed E-state index contributed by atoms with van der Waals surface area (Å²) >= 11 is 3.61. The topological polar surface area (TPSA) is 348 Å². The van der Waals surface area contributed by atoms with Crippen molar-refractivity contribution in [2.24, 2.45) is 5.92 Å². The van der Waals surface area contributed by atoms with Crippen LogP contribution in [0.1, 0.15) is 51.7 Å². The Labute approximate surface area is 337 Å². The van der Waals surface area contributed by atoms with Gasteiger partial charge in [-0.3, -0.25) is 33.6 Å². The van der Waals surface area contributed by atoms with Crippen molar-refractivity contribution in [3.8, 4) is 5.75 Å². The van der Waals surface area contributed by atoms with Crippen LogP contribution in [-0.4, -0.2) is 177 Å². The van der Waals surface area contributed by atoms with E-state index in [0.717, 1.165) is 35.8 Å². The highest BCUT2D eigenvalue weighted by molar-refractivity contribution is 7.96. The monoisotopic (exact) mass is 841 g/mol. The highest BCUT2D eigenvalue weighted by Crippen LogP contribution is 2.27. The number of nitrogens with one attached hydrogen (secondary N) is 5. The molecule has 1 aromatic carbocycles. The Hall–Kier alpha value is -4.62. The van der Waals surface area contributed by atoms with Crippen molar-refractivity contribution >= 4 is 53.3 Å². The molecule has 3 aliphatic heterocycles. The molecule has 7 amide bonds. The molecule has 0 bridgehead atoms. The minimum absolute atomic E-state index is 0.0263. The van der Waals surface area contributed by atoms with Gasteiger partial charge in [-0.15, -0.1) is 0 Å². The van der Waals surface area contributed by atoms with Crippen molar-refractivity contribution < 1.29 is 74.4 Å². The molecule has 14 atom stereocenters. The van der Waals surface area contributed by atoms with E-state index in [4.69, 9.17) is 0 Å². The Balaban J connectivity index is 1.84. The molecule has 22 nitrogen and oxygen atoms in total. The molecule has 3 aliphatic rings. The number of fused-ring (bicyclic) bond motifs is 2. The van der Waals surface area contributed by atoms with Crippen LogP contribution in [0.2, 0.25) is 0 Å². The summed E-state index contributed by atoms with van der Waals surface area (Å²) in [4.78, 5) is 97.0. The summed E-state index contributed by atoms with van der Waals surface area (Å²) in [5.74, 6) is -7.83. The van der Waals surface area contributed by atoms with E-state index in [0.29, 0.717) is 0 Å². The normalized spacial score (nSPS) is 32.9. The molecule has 58 heavy (non-hydrogen) atoms. The Bertz CT molecular complexity index is 1700. The summed E-state index contributed by atoms with van der Waals surface area (Å²) in [7, 11) is 0. The lowest BCUT2D eigenvalue weighted by molar-refractivity contribution is -0.156. The van der Waals surface area contributed by atoms with Crippen molar-refractivity contribution in [3.63, 3.8) is 0 Å². The van der Waals surface area contributed by atoms with E-state index in [1.54, 1.807) is 6.92 Å². The number of benzene rings is 1. The number of phenolic OH excluding ortho intramolecular Hbond substituents is 1.